The predicted molar refractivity (Wildman–Crippen MR) is 104 cm³/mol. The Bertz CT molecular complexity index is 871. The highest BCUT2D eigenvalue weighted by Gasteiger charge is 2.21. The molecule has 0 radical (unpaired) electrons. The molecule has 3 heterocycles. The molecule has 0 saturated carbocycles. The maximum absolute atomic E-state index is 4.88. The second-order valence-corrected chi connectivity index (χ2v) is 7.13. The molecule has 1 atom stereocenters. The molecule has 0 unspecified atom stereocenters. The van der Waals surface area contributed by atoms with Crippen molar-refractivity contribution < 1.29 is 0 Å². The zero-order valence-corrected chi connectivity index (χ0v) is 15.5. The Balaban J connectivity index is 1.54. The Hall–Kier alpha value is -2.69. The number of benzene rings is 1. The van der Waals surface area contributed by atoms with E-state index in [1.165, 1.54) is 18.4 Å². The van der Waals surface area contributed by atoms with Crippen LogP contribution < -0.4 is 4.90 Å². The molecule has 0 N–H and O–H groups in total. The standard InChI is InChI=1S/C21H25N5/c1-16-13-22-21(24-20(16)19-14-23-25(2)15-19)26-11-6-9-18(10-12-26)17-7-4-3-5-8-17/h3-5,7-8,13-15,18H,6,9-12H2,1-2H3/t18-/m0/s1. The summed E-state index contributed by atoms with van der Waals surface area (Å²) < 4.78 is 1.81. The van der Waals surface area contributed by atoms with Crippen LogP contribution in [0.4, 0.5) is 5.95 Å². The topological polar surface area (TPSA) is 46.8 Å². The first kappa shape index (κ1) is 16.8. The first-order chi connectivity index (χ1) is 12.7. The van der Waals surface area contributed by atoms with Crippen molar-refractivity contribution >= 4 is 5.95 Å². The van der Waals surface area contributed by atoms with Crippen molar-refractivity contribution in [2.24, 2.45) is 7.05 Å². The van der Waals surface area contributed by atoms with Gasteiger partial charge >= 0.3 is 0 Å². The molecule has 0 spiro atoms. The van der Waals surface area contributed by atoms with Gasteiger partial charge in [0.2, 0.25) is 5.95 Å². The van der Waals surface area contributed by atoms with Gasteiger partial charge in [0.15, 0.2) is 0 Å². The van der Waals surface area contributed by atoms with E-state index in [0.29, 0.717) is 5.92 Å². The summed E-state index contributed by atoms with van der Waals surface area (Å²) in [6.07, 6.45) is 9.34. The Morgan fingerprint density at radius 2 is 1.88 bits per heavy atom. The van der Waals surface area contributed by atoms with Gasteiger partial charge in [0.05, 0.1) is 11.9 Å². The average molecular weight is 347 g/mol. The van der Waals surface area contributed by atoms with Gasteiger partial charge in [-0.05, 0) is 43.2 Å². The number of nitrogens with zero attached hydrogens (tertiary/aromatic N) is 5. The molecular formula is C21H25N5. The summed E-state index contributed by atoms with van der Waals surface area (Å²) in [6, 6.07) is 10.9. The minimum absolute atomic E-state index is 0.629. The van der Waals surface area contributed by atoms with E-state index in [2.05, 4.69) is 52.2 Å². The molecule has 134 valence electrons. The number of anilines is 1. The molecule has 1 aliphatic heterocycles. The summed E-state index contributed by atoms with van der Waals surface area (Å²) >= 11 is 0. The number of rotatable bonds is 3. The molecule has 0 aliphatic carbocycles. The van der Waals surface area contributed by atoms with E-state index in [1.54, 1.807) is 0 Å². The van der Waals surface area contributed by atoms with Crippen LogP contribution in [0.1, 0.15) is 36.3 Å². The summed E-state index contributed by atoms with van der Waals surface area (Å²) in [5, 5.41) is 4.28. The van der Waals surface area contributed by atoms with Gasteiger partial charge in [-0.2, -0.15) is 5.10 Å². The number of aryl methyl sites for hydroxylation is 2. The van der Waals surface area contributed by atoms with Gasteiger partial charge in [0.25, 0.3) is 0 Å². The summed E-state index contributed by atoms with van der Waals surface area (Å²) in [5.41, 5.74) is 4.56. The molecule has 0 bridgehead atoms. The fourth-order valence-electron chi connectivity index (χ4n) is 3.78. The van der Waals surface area contributed by atoms with Crippen molar-refractivity contribution in [3.8, 4) is 11.3 Å². The second kappa shape index (κ2) is 7.28. The Kier molecular flexibility index (Phi) is 4.69. The Labute approximate surface area is 154 Å². The molecule has 1 fully saturated rings. The van der Waals surface area contributed by atoms with Gasteiger partial charge in [0.1, 0.15) is 0 Å². The smallest absolute Gasteiger partial charge is 0.225 e. The van der Waals surface area contributed by atoms with E-state index in [1.807, 2.05) is 30.3 Å². The summed E-state index contributed by atoms with van der Waals surface area (Å²) in [7, 11) is 1.93. The number of aromatic nitrogens is 4. The van der Waals surface area contributed by atoms with Crippen LogP contribution in [0.5, 0.6) is 0 Å². The molecule has 0 amide bonds. The zero-order valence-electron chi connectivity index (χ0n) is 15.5. The van der Waals surface area contributed by atoms with Crippen LogP contribution in [0, 0.1) is 6.92 Å². The fraction of sp³-hybridized carbons (Fsp3) is 0.381. The molecule has 5 heteroatoms. The third-order valence-corrected chi connectivity index (χ3v) is 5.22. The molecular weight excluding hydrogens is 322 g/mol. The third-order valence-electron chi connectivity index (χ3n) is 5.22. The van der Waals surface area contributed by atoms with Crippen molar-refractivity contribution in [1.29, 1.82) is 0 Å². The van der Waals surface area contributed by atoms with Gasteiger partial charge in [0, 0.05) is 38.1 Å². The summed E-state index contributed by atoms with van der Waals surface area (Å²) in [6.45, 7) is 4.06. The maximum atomic E-state index is 4.88. The molecule has 26 heavy (non-hydrogen) atoms. The Morgan fingerprint density at radius 3 is 2.65 bits per heavy atom. The van der Waals surface area contributed by atoms with Gasteiger partial charge in [-0.1, -0.05) is 30.3 Å². The molecule has 3 aromatic rings. The average Bonchev–Trinajstić information content (AvgIpc) is 2.95. The van der Waals surface area contributed by atoms with Crippen LogP contribution in [0.3, 0.4) is 0 Å². The van der Waals surface area contributed by atoms with Crippen molar-refractivity contribution in [3.63, 3.8) is 0 Å². The monoisotopic (exact) mass is 347 g/mol. The van der Waals surface area contributed by atoms with E-state index in [0.717, 1.165) is 42.3 Å². The van der Waals surface area contributed by atoms with Gasteiger partial charge in [-0.15, -0.1) is 0 Å². The summed E-state index contributed by atoms with van der Waals surface area (Å²) in [4.78, 5) is 11.8. The molecule has 5 nitrogen and oxygen atoms in total. The predicted octanol–water partition coefficient (Wildman–Crippen LogP) is 3.96. The minimum atomic E-state index is 0.629. The van der Waals surface area contributed by atoms with Gasteiger partial charge in [-0.3, -0.25) is 4.68 Å². The molecule has 1 saturated heterocycles. The van der Waals surface area contributed by atoms with E-state index < -0.39 is 0 Å². The third kappa shape index (κ3) is 3.47. The maximum Gasteiger partial charge on any atom is 0.225 e. The van der Waals surface area contributed by atoms with Crippen LogP contribution in [0.25, 0.3) is 11.3 Å². The van der Waals surface area contributed by atoms with Crippen LogP contribution in [0.2, 0.25) is 0 Å². The first-order valence-electron chi connectivity index (χ1n) is 9.33. The lowest BCUT2D eigenvalue weighted by Gasteiger charge is -2.21. The van der Waals surface area contributed by atoms with E-state index in [4.69, 9.17) is 4.98 Å². The highest BCUT2D eigenvalue weighted by molar-refractivity contribution is 5.62. The number of hydrogen-bond donors (Lipinski definition) is 0. The largest absolute Gasteiger partial charge is 0.341 e. The quantitative estimate of drug-likeness (QED) is 0.719. The highest BCUT2D eigenvalue weighted by Crippen LogP contribution is 2.30. The molecule has 1 aromatic carbocycles. The van der Waals surface area contributed by atoms with Crippen LogP contribution in [-0.4, -0.2) is 32.8 Å². The number of hydrogen-bond acceptors (Lipinski definition) is 4. The van der Waals surface area contributed by atoms with Crippen molar-refractivity contribution in [2.45, 2.75) is 32.1 Å². The lowest BCUT2D eigenvalue weighted by Crippen LogP contribution is -2.26. The highest BCUT2D eigenvalue weighted by atomic mass is 15.3. The summed E-state index contributed by atoms with van der Waals surface area (Å²) in [5.74, 6) is 1.47. The molecule has 2 aromatic heterocycles. The van der Waals surface area contributed by atoms with E-state index in [9.17, 15) is 0 Å². The zero-order chi connectivity index (χ0) is 17.9. The van der Waals surface area contributed by atoms with Gasteiger partial charge < -0.3 is 4.90 Å². The lowest BCUT2D eigenvalue weighted by atomic mass is 9.92. The lowest BCUT2D eigenvalue weighted by molar-refractivity contribution is 0.611. The van der Waals surface area contributed by atoms with Crippen LogP contribution in [0.15, 0.2) is 48.9 Å². The Morgan fingerprint density at radius 1 is 1.04 bits per heavy atom. The second-order valence-electron chi connectivity index (χ2n) is 7.13. The fourth-order valence-corrected chi connectivity index (χ4v) is 3.78. The SMILES string of the molecule is Cc1cnc(N2CCC[C@H](c3ccccc3)CC2)nc1-c1cnn(C)c1. The minimum Gasteiger partial charge on any atom is -0.341 e. The molecule has 1 aliphatic rings. The normalized spacial score (nSPS) is 17.9. The first-order valence-corrected chi connectivity index (χ1v) is 9.33. The van der Waals surface area contributed by atoms with Crippen molar-refractivity contribution in [3.05, 3.63) is 60.0 Å². The van der Waals surface area contributed by atoms with Crippen molar-refractivity contribution in [1.82, 2.24) is 19.7 Å². The van der Waals surface area contributed by atoms with Crippen LogP contribution in [-0.2, 0) is 7.05 Å². The molecule has 4 rings (SSSR count). The van der Waals surface area contributed by atoms with Crippen LogP contribution >= 0.6 is 0 Å². The van der Waals surface area contributed by atoms with Gasteiger partial charge in [-0.25, -0.2) is 9.97 Å². The van der Waals surface area contributed by atoms with Crippen molar-refractivity contribution in [2.75, 3.05) is 18.0 Å². The van der Waals surface area contributed by atoms with E-state index in [-0.39, 0.29) is 0 Å². The van der Waals surface area contributed by atoms with E-state index >= 15 is 0 Å².